The van der Waals surface area contributed by atoms with Crippen molar-refractivity contribution in [2.45, 2.75) is 33.1 Å². The highest BCUT2D eigenvalue weighted by molar-refractivity contribution is 9.10. The zero-order chi connectivity index (χ0) is 16.3. The van der Waals surface area contributed by atoms with Crippen LogP contribution in [0.2, 0.25) is 0 Å². The number of hydrogen-bond donors (Lipinski definition) is 1. The molecule has 1 aromatic carbocycles. The quantitative estimate of drug-likeness (QED) is 0.818. The number of benzene rings is 1. The van der Waals surface area contributed by atoms with Gasteiger partial charge in [-0.15, -0.1) is 0 Å². The third kappa shape index (κ3) is 4.31. The SMILES string of the molecule is CC(C)CCC1=C(S(N)(=O)=O)C(c2ccc(Br)cc2)=C[CH]C1. The first kappa shape index (κ1) is 17.4. The van der Waals surface area contributed by atoms with Crippen molar-refractivity contribution < 1.29 is 8.42 Å². The molecule has 0 amide bonds. The van der Waals surface area contributed by atoms with Crippen molar-refractivity contribution in [3.63, 3.8) is 0 Å². The molecule has 2 N–H and O–H groups in total. The molecular weight excluding hydrogens is 362 g/mol. The van der Waals surface area contributed by atoms with E-state index in [2.05, 4.69) is 29.8 Å². The largest absolute Gasteiger partial charge is 0.238 e. The standard InChI is InChI=1S/C17H21BrNO2S/c1-12(2)6-7-14-4-3-5-16(17(14)22(19,20)21)13-8-10-15(18)11-9-13/h3,5,8-12H,4,6-7H2,1-2H3,(H2,19,20,21). The topological polar surface area (TPSA) is 60.2 Å². The number of allylic oxidation sites excluding steroid dienone is 3. The smallest absolute Gasteiger partial charge is 0.225 e. The van der Waals surface area contributed by atoms with E-state index in [9.17, 15) is 8.42 Å². The first-order chi connectivity index (χ1) is 10.3. The van der Waals surface area contributed by atoms with Crippen LogP contribution in [-0.4, -0.2) is 8.42 Å². The normalized spacial score (nSPS) is 16.1. The van der Waals surface area contributed by atoms with Gasteiger partial charge in [0.1, 0.15) is 0 Å². The number of sulfonamides is 1. The summed E-state index contributed by atoms with van der Waals surface area (Å²) >= 11 is 3.39. The summed E-state index contributed by atoms with van der Waals surface area (Å²) in [5.74, 6) is 0.524. The first-order valence-corrected chi connectivity index (χ1v) is 9.67. The van der Waals surface area contributed by atoms with Crippen LogP contribution in [-0.2, 0) is 10.0 Å². The Morgan fingerprint density at radius 1 is 1.23 bits per heavy atom. The van der Waals surface area contributed by atoms with Crippen LogP contribution >= 0.6 is 15.9 Å². The zero-order valence-electron chi connectivity index (χ0n) is 12.8. The molecule has 0 heterocycles. The molecule has 1 aliphatic rings. The number of nitrogens with two attached hydrogens (primary N) is 1. The second-order valence-corrected chi connectivity index (χ2v) is 8.35. The summed E-state index contributed by atoms with van der Waals surface area (Å²) < 4.78 is 25.3. The van der Waals surface area contributed by atoms with Crippen LogP contribution in [0, 0.1) is 12.3 Å². The Morgan fingerprint density at radius 2 is 1.86 bits per heavy atom. The third-order valence-corrected chi connectivity index (χ3v) is 5.28. The van der Waals surface area contributed by atoms with Crippen LogP contribution in [0.1, 0.15) is 38.7 Å². The van der Waals surface area contributed by atoms with E-state index in [0.717, 1.165) is 28.5 Å². The molecule has 3 nitrogen and oxygen atoms in total. The third-order valence-electron chi connectivity index (χ3n) is 3.68. The monoisotopic (exact) mass is 382 g/mol. The van der Waals surface area contributed by atoms with Gasteiger partial charge in [-0.05, 0) is 60.4 Å². The van der Waals surface area contributed by atoms with Crippen LogP contribution < -0.4 is 5.14 Å². The highest BCUT2D eigenvalue weighted by atomic mass is 79.9. The van der Waals surface area contributed by atoms with Crippen molar-refractivity contribution in [3.8, 4) is 0 Å². The zero-order valence-corrected chi connectivity index (χ0v) is 15.2. The van der Waals surface area contributed by atoms with Gasteiger partial charge in [0.15, 0.2) is 0 Å². The number of rotatable bonds is 5. The lowest BCUT2D eigenvalue weighted by molar-refractivity contribution is 0.577. The van der Waals surface area contributed by atoms with Gasteiger partial charge in [-0.25, -0.2) is 13.6 Å². The molecule has 119 valence electrons. The fourth-order valence-electron chi connectivity index (χ4n) is 2.57. The van der Waals surface area contributed by atoms with E-state index in [1.54, 1.807) is 0 Å². The van der Waals surface area contributed by atoms with E-state index in [4.69, 9.17) is 5.14 Å². The molecule has 0 atom stereocenters. The average Bonchev–Trinajstić information content (AvgIpc) is 2.44. The Morgan fingerprint density at radius 3 is 2.41 bits per heavy atom. The van der Waals surface area contributed by atoms with Gasteiger partial charge in [0.2, 0.25) is 10.0 Å². The number of hydrogen-bond acceptors (Lipinski definition) is 2. The van der Waals surface area contributed by atoms with Crippen molar-refractivity contribution >= 4 is 31.5 Å². The minimum absolute atomic E-state index is 0.304. The van der Waals surface area contributed by atoms with Crippen molar-refractivity contribution in [3.05, 3.63) is 57.3 Å². The summed E-state index contributed by atoms with van der Waals surface area (Å²) in [5, 5.41) is 5.51. The van der Waals surface area contributed by atoms with Crippen LogP contribution in [0.3, 0.4) is 0 Å². The van der Waals surface area contributed by atoms with E-state index < -0.39 is 10.0 Å². The van der Waals surface area contributed by atoms with Crippen molar-refractivity contribution in [2.75, 3.05) is 0 Å². The van der Waals surface area contributed by atoms with E-state index in [0.29, 0.717) is 22.8 Å². The fourth-order valence-corrected chi connectivity index (χ4v) is 3.91. The summed E-state index contributed by atoms with van der Waals surface area (Å²) in [6, 6.07) is 7.61. The summed E-state index contributed by atoms with van der Waals surface area (Å²) in [7, 11) is -3.75. The Balaban J connectivity index is 2.47. The Kier molecular flexibility index (Phi) is 5.64. The maximum Gasteiger partial charge on any atom is 0.238 e. The van der Waals surface area contributed by atoms with Crippen LogP contribution in [0.4, 0.5) is 0 Å². The van der Waals surface area contributed by atoms with E-state index in [1.807, 2.05) is 36.8 Å². The summed E-state index contributed by atoms with van der Waals surface area (Å²) in [4.78, 5) is 0.304. The van der Waals surface area contributed by atoms with Crippen LogP contribution in [0.25, 0.3) is 5.57 Å². The van der Waals surface area contributed by atoms with E-state index in [1.165, 1.54) is 0 Å². The molecule has 22 heavy (non-hydrogen) atoms. The van der Waals surface area contributed by atoms with Gasteiger partial charge < -0.3 is 0 Å². The average molecular weight is 383 g/mol. The first-order valence-electron chi connectivity index (χ1n) is 7.33. The number of primary sulfonamides is 1. The van der Waals surface area contributed by atoms with Gasteiger partial charge in [0, 0.05) is 4.47 Å². The minimum atomic E-state index is -3.75. The second kappa shape index (κ2) is 7.11. The Hall–Kier alpha value is -0.910. The second-order valence-electron chi connectivity index (χ2n) is 5.94. The van der Waals surface area contributed by atoms with Crippen LogP contribution in [0.15, 0.2) is 45.3 Å². The minimum Gasteiger partial charge on any atom is -0.225 e. The highest BCUT2D eigenvalue weighted by Gasteiger charge is 2.25. The maximum absolute atomic E-state index is 12.1. The Labute approximate surface area is 141 Å². The molecule has 0 fully saturated rings. The Bertz CT molecular complexity index is 701. The van der Waals surface area contributed by atoms with E-state index in [-0.39, 0.29) is 0 Å². The molecule has 0 saturated carbocycles. The predicted octanol–water partition coefficient (Wildman–Crippen LogP) is 4.42. The lowest BCUT2D eigenvalue weighted by atomic mass is 9.90. The summed E-state index contributed by atoms with van der Waals surface area (Å²) in [5.41, 5.74) is 2.47. The van der Waals surface area contributed by atoms with Gasteiger partial charge >= 0.3 is 0 Å². The molecule has 0 bridgehead atoms. The molecule has 1 radical (unpaired) electrons. The predicted molar refractivity (Wildman–Crippen MR) is 95.2 cm³/mol. The van der Waals surface area contributed by atoms with Gasteiger partial charge in [0.25, 0.3) is 0 Å². The molecule has 5 heteroatoms. The molecule has 1 aromatic rings. The molecule has 2 rings (SSSR count). The van der Waals surface area contributed by atoms with Gasteiger partial charge in [-0.2, -0.15) is 0 Å². The van der Waals surface area contributed by atoms with Gasteiger partial charge in [0.05, 0.1) is 4.91 Å². The number of halogens is 1. The summed E-state index contributed by atoms with van der Waals surface area (Å²) in [6.07, 6.45) is 6.24. The van der Waals surface area contributed by atoms with Crippen molar-refractivity contribution in [1.82, 2.24) is 0 Å². The lowest BCUT2D eigenvalue weighted by Gasteiger charge is -2.21. The van der Waals surface area contributed by atoms with Crippen molar-refractivity contribution in [2.24, 2.45) is 11.1 Å². The fraction of sp³-hybridized carbons (Fsp3) is 0.353. The molecule has 1 aliphatic carbocycles. The molecule has 0 aliphatic heterocycles. The van der Waals surface area contributed by atoms with Gasteiger partial charge in [-0.3, -0.25) is 0 Å². The van der Waals surface area contributed by atoms with Gasteiger partial charge in [-0.1, -0.05) is 48.0 Å². The highest BCUT2D eigenvalue weighted by Crippen LogP contribution is 2.37. The van der Waals surface area contributed by atoms with Crippen LogP contribution in [0.5, 0.6) is 0 Å². The molecule has 0 unspecified atom stereocenters. The molecular formula is C17H21BrNO2S. The van der Waals surface area contributed by atoms with E-state index >= 15 is 0 Å². The molecule has 0 saturated heterocycles. The lowest BCUT2D eigenvalue weighted by Crippen LogP contribution is -2.20. The maximum atomic E-state index is 12.1. The molecule has 0 spiro atoms. The van der Waals surface area contributed by atoms with Crippen molar-refractivity contribution in [1.29, 1.82) is 0 Å². The summed E-state index contributed by atoms with van der Waals surface area (Å²) in [6.45, 7) is 4.27. The molecule has 0 aromatic heterocycles.